The van der Waals surface area contributed by atoms with E-state index in [1.807, 2.05) is 0 Å². The highest BCUT2D eigenvalue weighted by atomic mass is 16.5. The van der Waals surface area contributed by atoms with E-state index < -0.39 is 0 Å². The third-order valence-corrected chi connectivity index (χ3v) is 8.16. The van der Waals surface area contributed by atoms with Crippen molar-refractivity contribution in [1.29, 1.82) is 0 Å². The smallest absolute Gasteiger partial charge is 0.0942 e. The molecule has 0 aliphatic carbocycles. The summed E-state index contributed by atoms with van der Waals surface area (Å²) in [4.78, 5) is 2.36. The van der Waals surface area contributed by atoms with Gasteiger partial charge in [0.2, 0.25) is 0 Å². The lowest BCUT2D eigenvalue weighted by molar-refractivity contribution is -0.151. The molecule has 1 heterocycles. The highest BCUT2D eigenvalue weighted by Gasteiger charge is 2.49. The second-order valence-electron chi connectivity index (χ2n) is 9.79. The Labute approximate surface area is 216 Å². The van der Waals surface area contributed by atoms with Gasteiger partial charge in [0.15, 0.2) is 0 Å². The SMILES string of the molecule is CCC1(CC)OC(CC)(CC)c2cc(-c3ccccc3N(c3ccccc3)c3ccccc3)ccc21. The van der Waals surface area contributed by atoms with Gasteiger partial charge in [-0.25, -0.2) is 0 Å². The molecular weight excluding hydrogens is 438 g/mol. The number of fused-ring (bicyclic) bond motifs is 1. The minimum atomic E-state index is -0.231. The third kappa shape index (κ3) is 3.94. The zero-order valence-electron chi connectivity index (χ0n) is 22.0. The Kier molecular flexibility index (Phi) is 6.73. The predicted molar refractivity (Wildman–Crippen MR) is 152 cm³/mol. The van der Waals surface area contributed by atoms with Crippen molar-refractivity contribution in [3.63, 3.8) is 0 Å². The Morgan fingerprint density at radius 2 is 1.06 bits per heavy atom. The Balaban J connectivity index is 1.71. The van der Waals surface area contributed by atoms with Crippen LogP contribution < -0.4 is 4.90 Å². The molecule has 0 unspecified atom stereocenters. The molecule has 0 aromatic heterocycles. The van der Waals surface area contributed by atoms with Crippen LogP contribution in [-0.4, -0.2) is 0 Å². The average molecular weight is 476 g/mol. The molecule has 184 valence electrons. The van der Waals surface area contributed by atoms with Gasteiger partial charge in [-0.1, -0.05) is 94.4 Å². The molecule has 1 aliphatic heterocycles. The van der Waals surface area contributed by atoms with Crippen molar-refractivity contribution in [2.24, 2.45) is 0 Å². The van der Waals surface area contributed by atoms with E-state index in [9.17, 15) is 0 Å². The molecule has 36 heavy (non-hydrogen) atoms. The van der Waals surface area contributed by atoms with E-state index in [0.29, 0.717) is 0 Å². The van der Waals surface area contributed by atoms with Gasteiger partial charge in [0, 0.05) is 16.9 Å². The second-order valence-corrected chi connectivity index (χ2v) is 9.79. The number of hydrogen-bond acceptors (Lipinski definition) is 2. The summed E-state index contributed by atoms with van der Waals surface area (Å²) in [5, 5.41) is 0. The highest BCUT2D eigenvalue weighted by molar-refractivity contribution is 5.88. The topological polar surface area (TPSA) is 12.5 Å². The molecule has 1 aliphatic rings. The molecule has 4 aromatic rings. The lowest BCUT2D eigenvalue weighted by Crippen LogP contribution is -2.31. The van der Waals surface area contributed by atoms with Crippen molar-refractivity contribution in [3.8, 4) is 11.1 Å². The van der Waals surface area contributed by atoms with Crippen LogP contribution in [0.5, 0.6) is 0 Å². The van der Waals surface area contributed by atoms with Gasteiger partial charge in [-0.15, -0.1) is 0 Å². The van der Waals surface area contributed by atoms with E-state index in [1.54, 1.807) is 0 Å². The summed E-state index contributed by atoms with van der Waals surface area (Å²) in [7, 11) is 0. The van der Waals surface area contributed by atoms with Crippen LogP contribution in [0.1, 0.15) is 64.5 Å². The maximum atomic E-state index is 7.00. The van der Waals surface area contributed by atoms with Crippen molar-refractivity contribution < 1.29 is 4.74 Å². The fraction of sp³-hybridized carbons (Fsp3) is 0.294. The third-order valence-electron chi connectivity index (χ3n) is 8.16. The van der Waals surface area contributed by atoms with E-state index in [4.69, 9.17) is 4.74 Å². The number of anilines is 3. The quantitative estimate of drug-likeness (QED) is 0.251. The maximum Gasteiger partial charge on any atom is 0.0942 e. The zero-order valence-corrected chi connectivity index (χ0v) is 22.0. The average Bonchev–Trinajstić information content (AvgIpc) is 3.25. The Morgan fingerprint density at radius 1 is 0.556 bits per heavy atom. The summed E-state index contributed by atoms with van der Waals surface area (Å²) in [6, 6.07) is 37.1. The summed E-state index contributed by atoms with van der Waals surface area (Å²) >= 11 is 0. The van der Waals surface area contributed by atoms with Crippen molar-refractivity contribution in [2.45, 2.75) is 64.6 Å². The highest BCUT2D eigenvalue weighted by Crippen LogP contribution is 2.54. The first kappa shape index (κ1) is 24.3. The van der Waals surface area contributed by atoms with Gasteiger partial charge in [-0.05, 0) is 78.8 Å². The minimum Gasteiger partial charge on any atom is -0.359 e. The zero-order chi connectivity index (χ0) is 25.2. The number of para-hydroxylation sites is 3. The first-order valence-electron chi connectivity index (χ1n) is 13.5. The number of ether oxygens (including phenoxy) is 1. The van der Waals surface area contributed by atoms with E-state index in [0.717, 1.165) is 37.1 Å². The normalized spacial score (nSPS) is 15.4. The van der Waals surface area contributed by atoms with Gasteiger partial charge >= 0.3 is 0 Å². The fourth-order valence-corrected chi connectivity index (χ4v) is 6.01. The number of benzene rings is 4. The summed E-state index contributed by atoms with van der Waals surface area (Å²) in [5.41, 5.74) is 8.24. The molecule has 5 rings (SSSR count). The molecule has 0 radical (unpaired) electrons. The van der Waals surface area contributed by atoms with Gasteiger partial charge < -0.3 is 9.64 Å². The molecule has 0 saturated heterocycles. The monoisotopic (exact) mass is 475 g/mol. The maximum absolute atomic E-state index is 7.00. The summed E-state index contributed by atoms with van der Waals surface area (Å²) in [6.45, 7) is 9.05. The molecule has 0 N–H and O–H groups in total. The van der Waals surface area contributed by atoms with Crippen LogP contribution in [0.2, 0.25) is 0 Å². The van der Waals surface area contributed by atoms with Crippen molar-refractivity contribution in [1.82, 2.24) is 0 Å². The van der Waals surface area contributed by atoms with Crippen LogP contribution in [-0.2, 0) is 15.9 Å². The van der Waals surface area contributed by atoms with E-state index in [1.165, 1.54) is 27.9 Å². The first-order valence-corrected chi connectivity index (χ1v) is 13.5. The van der Waals surface area contributed by atoms with Crippen LogP contribution in [0, 0.1) is 0 Å². The number of nitrogens with zero attached hydrogens (tertiary/aromatic N) is 1. The Hall–Kier alpha value is -3.36. The van der Waals surface area contributed by atoms with Crippen LogP contribution in [0.3, 0.4) is 0 Å². The van der Waals surface area contributed by atoms with Crippen LogP contribution in [0.4, 0.5) is 17.1 Å². The molecule has 0 saturated carbocycles. The largest absolute Gasteiger partial charge is 0.359 e. The van der Waals surface area contributed by atoms with Crippen LogP contribution in [0.25, 0.3) is 11.1 Å². The first-order chi connectivity index (χ1) is 17.6. The molecular formula is C34H37NO. The summed E-state index contributed by atoms with van der Waals surface area (Å²) in [6.07, 6.45) is 3.93. The lowest BCUT2D eigenvalue weighted by Gasteiger charge is -2.34. The fourth-order valence-electron chi connectivity index (χ4n) is 6.01. The van der Waals surface area contributed by atoms with Gasteiger partial charge in [0.25, 0.3) is 0 Å². The molecule has 0 bridgehead atoms. The molecule has 2 heteroatoms. The van der Waals surface area contributed by atoms with Gasteiger partial charge in [0.1, 0.15) is 0 Å². The number of hydrogen-bond donors (Lipinski definition) is 0. The lowest BCUT2D eigenvalue weighted by atomic mass is 9.81. The molecule has 4 aromatic carbocycles. The van der Waals surface area contributed by atoms with Gasteiger partial charge in [0.05, 0.1) is 16.9 Å². The van der Waals surface area contributed by atoms with E-state index >= 15 is 0 Å². The van der Waals surface area contributed by atoms with Crippen molar-refractivity contribution in [3.05, 3.63) is 114 Å². The van der Waals surface area contributed by atoms with Gasteiger partial charge in [-0.3, -0.25) is 0 Å². The summed E-state index contributed by atoms with van der Waals surface area (Å²) in [5.74, 6) is 0. The van der Waals surface area contributed by atoms with E-state index in [-0.39, 0.29) is 11.2 Å². The minimum absolute atomic E-state index is 0.195. The summed E-state index contributed by atoms with van der Waals surface area (Å²) < 4.78 is 7.00. The molecule has 0 atom stereocenters. The van der Waals surface area contributed by atoms with Gasteiger partial charge in [-0.2, -0.15) is 0 Å². The van der Waals surface area contributed by atoms with Crippen molar-refractivity contribution in [2.75, 3.05) is 4.90 Å². The second kappa shape index (κ2) is 9.95. The van der Waals surface area contributed by atoms with Crippen LogP contribution >= 0.6 is 0 Å². The number of rotatable bonds is 8. The molecule has 0 spiro atoms. The standard InChI is InChI=1S/C34H37NO/c1-5-33(6-2)30-24-23-26(25-31(30)34(7-3,8-4)36-33)29-21-15-16-22-32(29)35(27-17-11-9-12-18-27)28-19-13-10-14-20-28/h9-25H,5-8H2,1-4H3. The Bertz CT molecular complexity index is 1260. The van der Waals surface area contributed by atoms with Crippen LogP contribution in [0.15, 0.2) is 103 Å². The Morgan fingerprint density at radius 3 is 1.61 bits per heavy atom. The van der Waals surface area contributed by atoms with E-state index in [2.05, 4.69) is 136 Å². The van der Waals surface area contributed by atoms with Crippen molar-refractivity contribution >= 4 is 17.1 Å². The predicted octanol–water partition coefficient (Wildman–Crippen LogP) is 9.88. The molecule has 0 fully saturated rings. The molecule has 2 nitrogen and oxygen atoms in total. The molecule has 0 amide bonds.